The molecule has 0 saturated carbocycles. The molecule has 3 heterocycles. The topological polar surface area (TPSA) is 75.9 Å². The van der Waals surface area contributed by atoms with Gasteiger partial charge in [-0.3, -0.25) is 4.79 Å². The van der Waals surface area contributed by atoms with Gasteiger partial charge in [0.15, 0.2) is 5.65 Å². The molecule has 1 aliphatic rings. The number of anilines is 1. The molecule has 0 unspecified atom stereocenters. The first-order valence-electron chi connectivity index (χ1n) is 10.9. The van der Waals surface area contributed by atoms with E-state index in [4.69, 9.17) is 11.6 Å². The Kier molecular flexibility index (Phi) is 6.10. The Morgan fingerprint density at radius 3 is 2.71 bits per heavy atom. The number of hydrogen-bond donors (Lipinski definition) is 1. The summed E-state index contributed by atoms with van der Waals surface area (Å²) in [6.07, 6.45) is 4.85. The first-order chi connectivity index (χ1) is 16.5. The molecule has 1 N–H and O–H groups in total. The van der Waals surface area contributed by atoms with E-state index in [1.807, 2.05) is 6.20 Å². The molecule has 2 aromatic carbocycles. The number of fused-ring (bicyclic) bond motifs is 1. The Morgan fingerprint density at radius 2 is 1.91 bits per heavy atom. The van der Waals surface area contributed by atoms with Gasteiger partial charge in [0.1, 0.15) is 23.8 Å². The van der Waals surface area contributed by atoms with E-state index in [1.165, 1.54) is 30.6 Å². The number of aromatic nitrogens is 4. The highest BCUT2D eigenvalue weighted by Crippen LogP contribution is 2.28. The highest BCUT2D eigenvalue weighted by molar-refractivity contribution is 6.31. The van der Waals surface area contributed by atoms with Crippen molar-refractivity contribution in [2.24, 2.45) is 5.92 Å². The van der Waals surface area contributed by atoms with Gasteiger partial charge >= 0.3 is 0 Å². The quantitative estimate of drug-likeness (QED) is 0.459. The molecule has 0 spiro atoms. The van der Waals surface area contributed by atoms with E-state index in [0.717, 1.165) is 24.8 Å². The average molecular weight is 483 g/mol. The van der Waals surface area contributed by atoms with E-state index in [2.05, 4.69) is 25.3 Å². The van der Waals surface area contributed by atoms with Crippen molar-refractivity contribution in [2.45, 2.75) is 19.4 Å². The SMILES string of the molecule is O=C(NCc1ccc(F)cc1Cl)[C@H]1CCCN(c2ncnc3nn(-c4ccc(F)cc4)cc23)C1. The maximum Gasteiger partial charge on any atom is 0.225 e. The summed E-state index contributed by atoms with van der Waals surface area (Å²) in [6.45, 7) is 1.48. The van der Waals surface area contributed by atoms with E-state index < -0.39 is 5.82 Å². The number of piperidine rings is 1. The molecule has 10 heteroatoms. The van der Waals surface area contributed by atoms with Crippen molar-refractivity contribution in [2.75, 3.05) is 18.0 Å². The van der Waals surface area contributed by atoms with Gasteiger partial charge in [-0.1, -0.05) is 17.7 Å². The van der Waals surface area contributed by atoms with E-state index in [1.54, 1.807) is 22.9 Å². The van der Waals surface area contributed by atoms with E-state index in [0.29, 0.717) is 29.3 Å². The van der Waals surface area contributed by atoms with Crippen LogP contribution in [0, 0.1) is 17.6 Å². The minimum absolute atomic E-state index is 0.0857. The van der Waals surface area contributed by atoms with Crippen molar-refractivity contribution in [3.8, 4) is 5.69 Å². The normalized spacial score (nSPS) is 16.1. The Morgan fingerprint density at radius 1 is 1.12 bits per heavy atom. The Balaban J connectivity index is 1.32. The van der Waals surface area contributed by atoms with Crippen LogP contribution in [0.2, 0.25) is 5.02 Å². The minimum Gasteiger partial charge on any atom is -0.355 e. The molecule has 0 radical (unpaired) electrons. The number of nitrogens with one attached hydrogen (secondary N) is 1. The Bertz CT molecular complexity index is 1340. The lowest BCUT2D eigenvalue weighted by molar-refractivity contribution is -0.125. The molecule has 1 fully saturated rings. The summed E-state index contributed by atoms with van der Waals surface area (Å²) in [5.74, 6) is -0.345. The molecule has 7 nitrogen and oxygen atoms in total. The third-order valence-electron chi connectivity index (χ3n) is 5.95. The molecule has 4 aromatic rings. The van der Waals surface area contributed by atoms with Crippen LogP contribution in [0.25, 0.3) is 16.7 Å². The standard InChI is InChI=1S/C24H21ClF2N6O/c25-21-10-18(27)4-3-15(21)11-28-24(34)16-2-1-9-32(12-16)23-20-13-33(31-22(20)29-14-30-23)19-7-5-17(26)6-8-19/h3-8,10,13-14,16H,1-2,9,11-12H2,(H,28,34)/t16-/m0/s1. The predicted molar refractivity (Wildman–Crippen MR) is 125 cm³/mol. The second kappa shape index (κ2) is 9.34. The second-order valence-corrected chi connectivity index (χ2v) is 8.63. The fourth-order valence-electron chi connectivity index (χ4n) is 4.18. The molecular formula is C24H21ClF2N6O. The van der Waals surface area contributed by atoms with Crippen LogP contribution in [0.5, 0.6) is 0 Å². The smallest absolute Gasteiger partial charge is 0.225 e. The van der Waals surface area contributed by atoms with Gasteiger partial charge in [-0.15, -0.1) is 5.10 Å². The molecule has 174 valence electrons. The maximum atomic E-state index is 13.3. The molecule has 1 atom stereocenters. The molecule has 1 saturated heterocycles. The van der Waals surface area contributed by atoms with Crippen LogP contribution >= 0.6 is 11.6 Å². The number of carbonyl (C=O) groups excluding carboxylic acids is 1. The number of benzene rings is 2. The number of nitrogens with zero attached hydrogens (tertiary/aromatic N) is 5. The molecule has 1 aliphatic heterocycles. The molecule has 1 amide bonds. The fraction of sp³-hybridized carbons (Fsp3) is 0.250. The van der Waals surface area contributed by atoms with Crippen LogP contribution < -0.4 is 10.2 Å². The summed E-state index contributed by atoms with van der Waals surface area (Å²) < 4.78 is 28.2. The number of rotatable bonds is 5. The summed E-state index contributed by atoms with van der Waals surface area (Å²) in [6, 6.07) is 10.2. The molecule has 0 bridgehead atoms. The maximum absolute atomic E-state index is 13.3. The summed E-state index contributed by atoms with van der Waals surface area (Å²) in [4.78, 5) is 23.7. The second-order valence-electron chi connectivity index (χ2n) is 8.22. The highest BCUT2D eigenvalue weighted by atomic mass is 35.5. The van der Waals surface area contributed by atoms with Crippen LogP contribution in [-0.4, -0.2) is 38.7 Å². The Hall–Kier alpha value is -3.59. The van der Waals surface area contributed by atoms with Gasteiger partial charge in [-0.2, -0.15) is 0 Å². The Labute approximate surface area is 199 Å². The monoisotopic (exact) mass is 482 g/mol. The molecular weight excluding hydrogens is 462 g/mol. The zero-order valence-electron chi connectivity index (χ0n) is 18.1. The predicted octanol–water partition coefficient (Wildman–Crippen LogP) is 4.28. The van der Waals surface area contributed by atoms with Crippen LogP contribution in [-0.2, 0) is 11.3 Å². The van der Waals surface area contributed by atoms with Crippen LogP contribution in [0.3, 0.4) is 0 Å². The van der Waals surface area contributed by atoms with Gasteiger partial charge in [0.2, 0.25) is 5.91 Å². The summed E-state index contributed by atoms with van der Waals surface area (Å²) in [5.41, 5.74) is 1.89. The van der Waals surface area contributed by atoms with Gasteiger partial charge in [0.05, 0.1) is 17.0 Å². The summed E-state index contributed by atoms with van der Waals surface area (Å²) in [7, 11) is 0. The third kappa shape index (κ3) is 4.56. The third-order valence-corrected chi connectivity index (χ3v) is 6.30. The zero-order valence-corrected chi connectivity index (χ0v) is 18.8. The lowest BCUT2D eigenvalue weighted by Crippen LogP contribution is -2.43. The molecule has 34 heavy (non-hydrogen) atoms. The minimum atomic E-state index is -0.415. The average Bonchev–Trinajstić information content (AvgIpc) is 3.28. The van der Waals surface area contributed by atoms with Crippen LogP contribution in [0.4, 0.5) is 14.6 Å². The molecule has 0 aliphatic carbocycles. The number of amides is 1. The van der Waals surface area contributed by atoms with Crippen molar-refractivity contribution < 1.29 is 13.6 Å². The first kappa shape index (κ1) is 22.2. The number of halogens is 3. The highest BCUT2D eigenvalue weighted by Gasteiger charge is 2.28. The molecule has 5 rings (SSSR count). The number of hydrogen-bond acceptors (Lipinski definition) is 5. The van der Waals surface area contributed by atoms with Crippen molar-refractivity contribution in [1.82, 2.24) is 25.1 Å². The van der Waals surface area contributed by atoms with Crippen LogP contribution in [0.1, 0.15) is 18.4 Å². The molecule has 2 aromatic heterocycles. The van der Waals surface area contributed by atoms with Gasteiger partial charge in [-0.25, -0.2) is 23.4 Å². The van der Waals surface area contributed by atoms with Crippen molar-refractivity contribution >= 4 is 34.4 Å². The summed E-state index contributed by atoms with van der Waals surface area (Å²) >= 11 is 6.07. The van der Waals surface area contributed by atoms with Gasteiger partial charge in [0, 0.05) is 30.9 Å². The fourth-order valence-corrected chi connectivity index (χ4v) is 4.41. The summed E-state index contributed by atoms with van der Waals surface area (Å²) in [5, 5.41) is 8.45. The van der Waals surface area contributed by atoms with Gasteiger partial charge in [-0.05, 0) is 54.8 Å². The van der Waals surface area contributed by atoms with Crippen LogP contribution in [0.15, 0.2) is 55.0 Å². The van der Waals surface area contributed by atoms with E-state index in [-0.39, 0.29) is 29.2 Å². The van der Waals surface area contributed by atoms with Gasteiger partial charge < -0.3 is 10.2 Å². The first-order valence-corrected chi connectivity index (χ1v) is 11.3. The van der Waals surface area contributed by atoms with Crippen molar-refractivity contribution in [1.29, 1.82) is 0 Å². The van der Waals surface area contributed by atoms with E-state index in [9.17, 15) is 13.6 Å². The lowest BCUT2D eigenvalue weighted by atomic mass is 9.97. The van der Waals surface area contributed by atoms with E-state index >= 15 is 0 Å². The number of carbonyl (C=O) groups is 1. The van der Waals surface area contributed by atoms with Crippen molar-refractivity contribution in [3.05, 3.63) is 77.2 Å². The lowest BCUT2D eigenvalue weighted by Gasteiger charge is -2.33. The van der Waals surface area contributed by atoms with Gasteiger partial charge in [0.25, 0.3) is 0 Å². The van der Waals surface area contributed by atoms with Crippen molar-refractivity contribution in [3.63, 3.8) is 0 Å². The largest absolute Gasteiger partial charge is 0.355 e. The zero-order chi connectivity index (χ0) is 23.7.